The number of halogens is 6. The number of aryl methyl sites for hydroxylation is 2. The van der Waals surface area contributed by atoms with Gasteiger partial charge in [-0.1, -0.05) is 105 Å². The average Bonchev–Trinajstić information content (AvgIpc) is 2.08. The minimum absolute atomic E-state index is 1.33. The molecule has 1 aromatic rings. The van der Waals surface area contributed by atoms with Crippen molar-refractivity contribution < 1.29 is 0 Å². The van der Waals surface area contributed by atoms with Gasteiger partial charge >= 0.3 is 0 Å². The molecule has 0 radical (unpaired) electrons. The summed E-state index contributed by atoms with van der Waals surface area (Å²) in [5.74, 6) is 0. The van der Waals surface area contributed by atoms with Gasteiger partial charge in [0, 0.05) is 0 Å². The van der Waals surface area contributed by atoms with Gasteiger partial charge in [-0.25, -0.2) is 0 Å². The van der Waals surface area contributed by atoms with Crippen LogP contribution in [0.15, 0.2) is 24.3 Å². The third-order valence-electron chi connectivity index (χ3n) is 1.54. The Morgan fingerprint density at radius 3 is 0.938 bits per heavy atom. The Kier molecular flexibility index (Phi) is 7.18. The number of rotatable bonds is 0. The van der Waals surface area contributed by atoms with Gasteiger partial charge in [0.2, 0.25) is 7.59 Å². The molecule has 0 amide bonds. The largest absolute Gasteiger partial charge is 0.236 e. The zero-order chi connectivity index (χ0) is 13.0. The summed E-state index contributed by atoms with van der Waals surface area (Å²) >= 11 is 30.9. The first-order valence-corrected chi connectivity index (χ1v) is 6.47. The fourth-order valence-corrected chi connectivity index (χ4v) is 0.637. The second-order valence-electron chi connectivity index (χ2n) is 3.15. The molecule has 16 heavy (non-hydrogen) atoms. The van der Waals surface area contributed by atoms with E-state index in [1.54, 1.807) is 0 Å². The highest BCUT2D eigenvalue weighted by Crippen LogP contribution is 2.48. The zero-order valence-electron chi connectivity index (χ0n) is 8.58. The standard InChI is InChI=1S/C8H10.C2Cl6/c1-7-3-5-8(2)6-4-7;3-1(4,5)2(6,7)8/h3-6H,1-2H3;. The van der Waals surface area contributed by atoms with Crippen LogP contribution in [0.4, 0.5) is 0 Å². The summed E-state index contributed by atoms with van der Waals surface area (Å²) < 4.78 is -3.70. The molecule has 0 saturated heterocycles. The van der Waals surface area contributed by atoms with Crippen molar-refractivity contribution in [3.05, 3.63) is 35.4 Å². The van der Waals surface area contributed by atoms with Crippen LogP contribution in [-0.4, -0.2) is 7.59 Å². The first-order chi connectivity index (χ1) is 7.04. The first kappa shape index (κ1) is 17.0. The van der Waals surface area contributed by atoms with Crippen molar-refractivity contribution in [3.8, 4) is 0 Å². The summed E-state index contributed by atoms with van der Waals surface area (Å²) in [4.78, 5) is 0. The Morgan fingerprint density at radius 1 is 0.625 bits per heavy atom. The Balaban J connectivity index is 0.000000281. The molecule has 1 rings (SSSR count). The topological polar surface area (TPSA) is 0 Å². The molecule has 0 aliphatic carbocycles. The SMILES string of the molecule is Cc1ccc(C)cc1.ClC(Cl)(Cl)C(Cl)(Cl)Cl. The van der Waals surface area contributed by atoms with Crippen molar-refractivity contribution in [2.75, 3.05) is 0 Å². The maximum Gasteiger partial charge on any atom is 0.236 e. The lowest BCUT2D eigenvalue weighted by Crippen LogP contribution is -2.23. The van der Waals surface area contributed by atoms with Crippen molar-refractivity contribution in [1.29, 1.82) is 0 Å². The van der Waals surface area contributed by atoms with Crippen LogP contribution in [0.3, 0.4) is 0 Å². The van der Waals surface area contributed by atoms with Crippen LogP contribution >= 0.6 is 69.6 Å². The van der Waals surface area contributed by atoms with Crippen molar-refractivity contribution in [1.82, 2.24) is 0 Å². The predicted molar refractivity (Wildman–Crippen MR) is 76.5 cm³/mol. The monoisotopic (exact) mass is 340 g/mol. The molecule has 0 aliphatic heterocycles. The zero-order valence-corrected chi connectivity index (χ0v) is 13.1. The van der Waals surface area contributed by atoms with Gasteiger partial charge < -0.3 is 0 Å². The van der Waals surface area contributed by atoms with E-state index in [2.05, 4.69) is 38.1 Å². The van der Waals surface area contributed by atoms with Crippen molar-refractivity contribution in [3.63, 3.8) is 0 Å². The molecule has 0 aliphatic rings. The van der Waals surface area contributed by atoms with Gasteiger partial charge in [0.05, 0.1) is 0 Å². The smallest absolute Gasteiger partial charge is 0.0788 e. The van der Waals surface area contributed by atoms with Crippen molar-refractivity contribution in [2.45, 2.75) is 21.4 Å². The van der Waals surface area contributed by atoms with Crippen LogP contribution in [0.25, 0.3) is 0 Å². The van der Waals surface area contributed by atoms with Crippen molar-refractivity contribution >= 4 is 69.6 Å². The summed E-state index contributed by atoms with van der Waals surface area (Å²) in [6.45, 7) is 4.19. The van der Waals surface area contributed by atoms with E-state index in [0.29, 0.717) is 0 Å². The van der Waals surface area contributed by atoms with Crippen LogP contribution in [0.5, 0.6) is 0 Å². The molecule has 0 aromatic heterocycles. The second kappa shape index (κ2) is 6.78. The second-order valence-corrected chi connectivity index (χ2v) is 7.71. The van der Waals surface area contributed by atoms with Crippen LogP contribution in [0, 0.1) is 13.8 Å². The predicted octanol–water partition coefficient (Wildman–Crippen LogP) is 6.03. The van der Waals surface area contributed by atoms with E-state index in [9.17, 15) is 0 Å². The fourth-order valence-electron chi connectivity index (χ4n) is 0.637. The highest BCUT2D eigenvalue weighted by molar-refractivity contribution is 6.83. The van der Waals surface area contributed by atoms with Crippen LogP contribution in [-0.2, 0) is 0 Å². The number of alkyl halides is 6. The van der Waals surface area contributed by atoms with E-state index >= 15 is 0 Å². The summed E-state index contributed by atoms with van der Waals surface area (Å²) in [5, 5.41) is 0. The molecular formula is C10H10Cl6. The Morgan fingerprint density at radius 2 is 0.812 bits per heavy atom. The number of hydrogen-bond donors (Lipinski definition) is 0. The lowest BCUT2D eigenvalue weighted by atomic mass is 10.2. The van der Waals surface area contributed by atoms with Gasteiger partial charge in [-0.05, 0) is 13.8 Å². The average molecular weight is 343 g/mol. The van der Waals surface area contributed by atoms with Crippen LogP contribution < -0.4 is 0 Å². The molecule has 0 nitrogen and oxygen atoms in total. The van der Waals surface area contributed by atoms with E-state index in [-0.39, 0.29) is 0 Å². The molecule has 92 valence electrons. The van der Waals surface area contributed by atoms with E-state index < -0.39 is 7.59 Å². The van der Waals surface area contributed by atoms with Gasteiger partial charge in [0.15, 0.2) is 0 Å². The van der Waals surface area contributed by atoms with Gasteiger partial charge in [-0.2, -0.15) is 0 Å². The van der Waals surface area contributed by atoms with E-state index in [0.717, 1.165) is 0 Å². The molecule has 0 fully saturated rings. The lowest BCUT2D eigenvalue weighted by molar-refractivity contribution is 1.10. The third kappa shape index (κ3) is 7.32. The maximum absolute atomic E-state index is 5.14. The quantitative estimate of drug-likeness (QED) is 0.505. The Hall–Kier alpha value is 0.960. The molecule has 0 bridgehead atoms. The molecule has 0 N–H and O–H groups in total. The molecule has 0 atom stereocenters. The fraction of sp³-hybridized carbons (Fsp3) is 0.400. The highest BCUT2D eigenvalue weighted by atomic mass is 35.6. The summed E-state index contributed by atoms with van der Waals surface area (Å²) in [5.41, 5.74) is 2.66. The molecule has 0 spiro atoms. The molecule has 0 heterocycles. The van der Waals surface area contributed by atoms with Crippen LogP contribution in [0.2, 0.25) is 0 Å². The third-order valence-corrected chi connectivity index (χ3v) is 4.11. The van der Waals surface area contributed by atoms with Gasteiger partial charge in [-0.3, -0.25) is 0 Å². The lowest BCUT2D eigenvalue weighted by Gasteiger charge is -2.19. The molecule has 1 aromatic carbocycles. The van der Waals surface area contributed by atoms with E-state index in [4.69, 9.17) is 69.6 Å². The molecule has 0 unspecified atom stereocenters. The number of benzene rings is 1. The molecule has 6 heteroatoms. The van der Waals surface area contributed by atoms with Gasteiger partial charge in [-0.15, -0.1) is 0 Å². The minimum Gasteiger partial charge on any atom is -0.0788 e. The first-order valence-electron chi connectivity index (χ1n) is 4.21. The summed E-state index contributed by atoms with van der Waals surface area (Å²) in [6.07, 6.45) is 0. The minimum atomic E-state index is -1.85. The highest BCUT2D eigenvalue weighted by Gasteiger charge is 2.43. The summed E-state index contributed by atoms with van der Waals surface area (Å²) in [7, 11) is 0. The van der Waals surface area contributed by atoms with Gasteiger partial charge in [0.1, 0.15) is 0 Å². The van der Waals surface area contributed by atoms with Crippen LogP contribution in [0.1, 0.15) is 11.1 Å². The Labute approximate surface area is 126 Å². The van der Waals surface area contributed by atoms with E-state index in [1.807, 2.05) is 0 Å². The number of hydrogen-bond acceptors (Lipinski definition) is 0. The molecule has 0 saturated carbocycles. The summed E-state index contributed by atoms with van der Waals surface area (Å²) in [6, 6.07) is 8.48. The van der Waals surface area contributed by atoms with Crippen molar-refractivity contribution in [2.24, 2.45) is 0 Å². The normalized spacial score (nSPS) is 11.8. The Bertz CT molecular complexity index is 273. The maximum atomic E-state index is 5.14. The van der Waals surface area contributed by atoms with E-state index in [1.165, 1.54) is 11.1 Å². The molecular weight excluding hydrogens is 333 g/mol. The van der Waals surface area contributed by atoms with Gasteiger partial charge in [0.25, 0.3) is 0 Å².